The van der Waals surface area contributed by atoms with Gasteiger partial charge in [0.1, 0.15) is 0 Å². The summed E-state index contributed by atoms with van der Waals surface area (Å²) in [6, 6.07) is 16.8. The Morgan fingerprint density at radius 2 is 1.72 bits per heavy atom. The summed E-state index contributed by atoms with van der Waals surface area (Å²) in [5.41, 5.74) is 4.43. The summed E-state index contributed by atoms with van der Waals surface area (Å²) in [6.45, 7) is 5.13. The number of carbonyl (C=O) groups excluding carboxylic acids is 1. The molecule has 0 bridgehead atoms. The highest BCUT2D eigenvalue weighted by Crippen LogP contribution is 2.26. The summed E-state index contributed by atoms with van der Waals surface area (Å²) in [5.74, 6) is 1.10. The second-order valence-electron chi connectivity index (χ2n) is 7.88. The molecule has 2 heterocycles. The van der Waals surface area contributed by atoms with Gasteiger partial charge in [-0.15, -0.1) is 0 Å². The molecule has 5 rings (SSSR count). The van der Waals surface area contributed by atoms with Crippen LogP contribution >= 0.6 is 0 Å². The first-order valence-electron chi connectivity index (χ1n) is 10.2. The first kappa shape index (κ1) is 18.1. The highest BCUT2D eigenvalue weighted by Gasteiger charge is 2.30. The molecule has 0 atom stereocenters. The van der Waals surface area contributed by atoms with Crippen LogP contribution in [0.4, 0.5) is 0 Å². The molecule has 1 aliphatic carbocycles. The van der Waals surface area contributed by atoms with E-state index < -0.39 is 0 Å². The van der Waals surface area contributed by atoms with E-state index in [2.05, 4.69) is 39.3 Å². The average Bonchev–Trinajstić information content (AvgIpc) is 3.40. The zero-order valence-electron chi connectivity index (χ0n) is 16.5. The molecular weight excluding hydrogens is 364 g/mol. The van der Waals surface area contributed by atoms with E-state index in [1.807, 2.05) is 29.2 Å². The smallest absolute Gasteiger partial charge is 0.253 e. The normalized spacial score (nSPS) is 17.5. The first-order chi connectivity index (χ1) is 14.2. The molecule has 0 saturated carbocycles. The molecular formula is C23H24N4O2. The van der Waals surface area contributed by atoms with E-state index in [-0.39, 0.29) is 5.91 Å². The van der Waals surface area contributed by atoms with E-state index in [9.17, 15) is 4.79 Å². The van der Waals surface area contributed by atoms with Gasteiger partial charge in [-0.25, -0.2) is 0 Å². The molecule has 2 aliphatic rings. The van der Waals surface area contributed by atoms with Crippen LogP contribution in [0, 0.1) is 6.92 Å². The van der Waals surface area contributed by atoms with E-state index in [1.165, 1.54) is 11.1 Å². The van der Waals surface area contributed by atoms with Gasteiger partial charge < -0.3 is 9.42 Å². The average molecular weight is 388 g/mol. The summed E-state index contributed by atoms with van der Waals surface area (Å²) in [6.07, 6.45) is 2.24. The Bertz CT molecular complexity index is 1010. The Morgan fingerprint density at radius 3 is 2.38 bits per heavy atom. The number of benzene rings is 2. The second-order valence-corrected chi connectivity index (χ2v) is 7.88. The van der Waals surface area contributed by atoms with Gasteiger partial charge in [-0.05, 0) is 36.1 Å². The zero-order chi connectivity index (χ0) is 19.8. The molecule has 6 heteroatoms. The molecule has 3 aromatic rings. The van der Waals surface area contributed by atoms with Crippen molar-refractivity contribution < 1.29 is 9.32 Å². The van der Waals surface area contributed by atoms with E-state index in [0.29, 0.717) is 23.3 Å². The van der Waals surface area contributed by atoms with Crippen molar-refractivity contribution in [3.8, 4) is 11.4 Å². The Hall–Kier alpha value is -2.99. The molecule has 6 nitrogen and oxygen atoms in total. The number of fused-ring (bicyclic) bond motifs is 1. The minimum Gasteiger partial charge on any atom is -0.339 e. The lowest BCUT2D eigenvalue weighted by Gasteiger charge is -2.38. The lowest BCUT2D eigenvalue weighted by molar-refractivity contribution is 0.0576. The van der Waals surface area contributed by atoms with Crippen molar-refractivity contribution in [2.24, 2.45) is 0 Å². The van der Waals surface area contributed by atoms with Crippen molar-refractivity contribution in [1.82, 2.24) is 19.9 Å². The molecule has 1 saturated heterocycles. The maximum Gasteiger partial charge on any atom is 0.253 e. The number of carbonyl (C=O) groups is 1. The van der Waals surface area contributed by atoms with Crippen molar-refractivity contribution in [2.75, 3.05) is 26.2 Å². The van der Waals surface area contributed by atoms with Gasteiger partial charge in [0, 0.05) is 50.3 Å². The fraction of sp³-hybridized carbons (Fsp3) is 0.348. The predicted molar refractivity (Wildman–Crippen MR) is 110 cm³/mol. The highest BCUT2D eigenvalue weighted by atomic mass is 16.5. The Balaban J connectivity index is 1.23. The fourth-order valence-corrected chi connectivity index (χ4v) is 4.47. The Labute approximate surface area is 170 Å². The van der Waals surface area contributed by atoms with E-state index in [0.717, 1.165) is 44.6 Å². The van der Waals surface area contributed by atoms with Crippen LogP contribution in [0.3, 0.4) is 0 Å². The second kappa shape index (κ2) is 7.44. The van der Waals surface area contributed by atoms with Crippen molar-refractivity contribution in [3.05, 3.63) is 71.1 Å². The van der Waals surface area contributed by atoms with E-state index >= 15 is 0 Å². The number of aromatic nitrogens is 2. The molecule has 2 aromatic carbocycles. The van der Waals surface area contributed by atoms with Crippen molar-refractivity contribution in [1.29, 1.82) is 0 Å². The summed E-state index contributed by atoms with van der Waals surface area (Å²) >= 11 is 0. The van der Waals surface area contributed by atoms with E-state index in [4.69, 9.17) is 4.52 Å². The van der Waals surface area contributed by atoms with Crippen molar-refractivity contribution >= 4 is 5.91 Å². The quantitative estimate of drug-likeness (QED) is 0.690. The van der Waals surface area contributed by atoms with Crippen LogP contribution in [0.5, 0.6) is 0 Å². The summed E-state index contributed by atoms with van der Waals surface area (Å²) < 4.78 is 5.06. The number of nitrogens with zero attached hydrogens (tertiary/aromatic N) is 4. The molecule has 1 aliphatic heterocycles. The van der Waals surface area contributed by atoms with Crippen LogP contribution in [0.1, 0.15) is 27.4 Å². The molecule has 0 unspecified atom stereocenters. The standard InChI is InChI=1S/C23H24N4O2/c1-16-24-22(25-29-16)19-7-4-8-20(13-19)23(28)27-11-9-26(10-12-27)21-14-17-5-2-3-6-18(17)15-21/h2-8,13,21H,9-12,14-15H2,1H3. The number of piperazine rings is 1. The highest BCUT2D eigenvalue weighted by molar-refractivity contribution is 5.95. The number of amides is 1. The van der Waals surface area contributed by atoms with Gasteiger partial charge in [-0.2, -0.15) is 4.98 Å². The van der Waals surface area contributed by atoms with Crippen LogP contribution in [0.15, 0.2) is 53.1 Å². The number of hydrogen-bond acceptors (Lipinski definition) is 5. The number of rotatable bonds is 3. The Kier molecular flexibility index (Phi) is 4.64. The minimum atomic E-state index is 0.0708. The van der Waals surface area contributed by atoms with Gasteiger partial charge in [0.15, 0.2) is 0 Å². The first-order valence-corrected chi connectivity index (χ1v) is 10.2. The van der Waals surface area contributed by atoms with Gasteiger partial charge in [-0.1, -0.05) is 41.6 Å². The molecule has 1 aromatic heterocycles. The summed E-state index contributed by atoms with van der Waals surface area (Å²) in [4.78, 5) is 21.8. The summed E-state index contributed by atoms with van der Waals surface area (Å²) in [7, 11) is 0. The lowest BCUT2D eigenvalue weighted by Crippen LogP contribution is -2.52. The third-order valence-corrected chi connectivity index (χ3v) is 6.04. The van der Waals surface area contributed by atoms with Crippen LogP contribution < -0.4 is 0 Å². The largest absolute Gasteiger partial charge is 0.339 e. The van der Waals surface area contributed by atoms with E-state index in [1.54, 1.807) is 6.92 Å². The lowest BCUT2D eigenvalue weighted by atomic mass is 10.1. The number of hydrogen-bond donors (Lipinski definition) is 0. The molecule has 0 N–H and O–H groups in total. The van der Waals surface area contributed by atoms with Crippen LogP contribution in [0.2, 0.25) is 0 Å². The molecule has 1 amide bonds. The van der Waals surface area contributed by atoms with Crippen molar-refractivity contribution in [3.63, 3.8) is 0 Å². The van der Waals surface area contributed by atoms with Gasteiger partial charge in [0.2, 0.25) is 11.7 Å². The zero-order valence-corrected chi connectivity index (χ0v) is 16.5. The summed E-state index contributed by atoms with van der Waals surface area (Å²) in [5, 5.41) is 3.95. The van der Waals surface area contributed by atoms with Crippen LogP contribution in [-0.2, 0) is 12.8 Å². The van der Waals surface area contributed by atoms with Gasteiger partial charge in [-0.3, -0.25) is 9.69 Å². The molecule has 0 radical (unpaired) electrons. The predicted octanol–water partition coefficient (Wildman–Crippen LogP) is 2.97. The Morgan fingerprint density at radius 1 is 1.00 bits per heavy atom. The van der Waals surface area contributed by atoms with Crippen LogP contribution in [0.25, 0.3) is 11.4 Å². The molecule has 1 fully saturated rings. The number of aryl methyl sites for hydroxylation is 1. The third kappa shape index (κ3) is 3.56. The molecule has 0 spiro atoms. The fourth-order valence-electron chi connectivity index (χ4n) is 4.47. The van der Waals surface area contributed by atoms with Crippen molar-refractivity contribution in [2.45, 2.75) is 25.8 Å². The molecule has 148 valence electrons. The third-order valence-electron chi connectivity index (χ3n) is 6.04. The van der Waals surface area contributed by atoms with Gasteiger partial charge >= 0.3 is 0 Å². The topological polar surface area (TPSA) is 62.5 Å². The van der Waals surface area contributed by atoms with Gasteiger partial charge in [0.25, 0.3) is 5.91 Å². The maximum atomic E-state index is 13.0. The molecule has 29 heavy (non-hydrogen) atoms. The maximum absolute atomic E-state index is 13.0. The SMILES string of the molecule is Cc1nc(-c2cccc(C(=O)N3CCN(C4Cc5ccccc5C4)CC3)c2)no1. The monoisotopic (exact) mass is 388 g/mol. The van der Waals surface area contributed by atoms with Crippen LogP contribution in [-0.4, -0.2) is 58.1 Å². The van der Waals surface area contributed by atoms with Gasteiger partial charge in [0.05, 0.1) is 0 Å². The minimum absolute atomic E-state index is 0.0708.